The van der Waals surface area contributed by atoms with Crippen LogP contribution in [0.25, 0.3) is 5.57 Å². The molecule has 1 heterocycles. The van der Waals surface area contributed by atoms with Crippen LogP contribution in [0, 0.1) is 11.3 Å². The van der Waals surface area contributed by atoms with Crippen molar-refractivity contribution in [3.8, 4) is 6.07 Å². The van der Waals surface area contributed by atoms with Gasteiger partial charge in [0, 0.05) is 20.3 Å². The predicted octanol–water partition coefficient (Wildman–Crippen LogP) is 1.92. The van der Waals surface area contributed by atoms with Gasteiger partial charge in [-0.25, -0.2) is 4.79 Å². The fraction of sp³-hybridized carbons (Fsp3) is 0.143. The maximum atomic E-state index is 11.6. The number of carbonyl (C=O) groups is 1. The van der Waals surface area contributed by atoms with Crippen molar-refractivity contribution in [1.82, 2.24) is 4.90 Å². The highest BCUT2D eigenvalue weighted by atomic mass is 16.5. The van der Waals surface area contributed by atoms with Crippen LogP contribution < -0.4 is 0 Å². The molecule has 0 radical (unpaired) electrons. The van der Waals surface area contributed by atoms with E-state index in [-0.39, 0.29) is 5.57 Å². The van der Waals surface area contributed by atoms with E-state index in [0.29, 0.717) is 11.3 Å². The maximum absolute atomic E-state index is 11.6. The van der Waals surface area contributed by atoms with Gasteiger partial charge in [0.1, 0.15) is 11.6 Å². The Morgan fingerprint density at radius 3 is 2.50 bits per heavy atom. The fourth-order valence-corrected chi connectivity index (χ4v) is 1.75. The second-order valence-corrected chi connectivity index (χ2v) is 4.07. The van der Waals surface area contributed by atoms with Crippen molar-refractivity contribution in [1.29, 1.82) is 5.26 Å². The highest BCUT2D eigenvalue weighted by Gasteiger charge is 2.31. The Hall–Kier alpha value is -2.54. The molecular formula is C14H12N2O2. The number of allylic oxidation sites excluding steroid dienone is 1. The van der Waals surface area contributed by atoms with Gasteiger partial charge in [-0.3, -0.25) is 0 Å². The lowest BCUT2D eigenvalue weighted by molar-refractivity contribution is -0.132. The number of hydrogen-bond donors (Lipinski definition) is 0. The second-order valence-electron chi connectivity index (χ2n) is 4.07. The Morgan fingerprint density at radius 2 is 1.94 bits per heavy atom. The molecule has 4 nitrogen and oxygen atoms in total. The van der Waals surface area contributed by atoms with E-state index in [9.17, 15) is 4.79 Å². The number of ether oxygens (including phenoxy) is 1. The third-order valence-electron chi connectivity index (χ3n) is 2.45. The Labute approximate surface area is 105 Å². The molecule has 0 aliphatic carbocycles. The van der Waals surface area contributed by atoms with E-state index in [4.69, 9.17) is 10.00 Å². The molecule has 90 valence electrons. The van der Waals surface area contributed by atoms with Crippen LogP contribution in [-0.4, -0.2) is 25.0 Å². The van der Waals surface area contributed by atoms with Crippen LogP contribution in [0.5, 0.6) is 0 Å². The molecule has 1 aromatic carbocycles. The van der Waals surface area contributed by atoms with Crippen LogP contribution in [0.1, 0.15) is 5.56 Å². The summed E-state index contributed by atoms with van der Waals surface area (Å²) < 4.78 is 5.13. The normalized spacial score (nSPS) is 16.7. The van der Waals surface area contributed by atoms with Gasteiger partial charge in [0.15, 0.2) is 5.76 Å². The number of nitrogens with zero attached hydrogens (tertiary/aromatic N) is 2. The standard InChI is InChI=1S/C14H12N2O2/c1-16(2)9-12-13(10-6-4-3-5-7-10)11(8-15)14(17)18-12/h3-7,9H,1-2H3/b12-9-. The molecule has 1 aromatic rings. The minimum absolute atomic E-state index is 0.0503. The first-order valence-electron chi connectivity index (χ1n) is 5.44. The van der Waals surface area contributed by atoms with Gasteiger partial charge in [-0.15, -0.1) is 0 Å². The summed E-state index contributed by atoms with van der Waals surface area (Å²) in [6.07, 6.45) is 1.69. The van der Waals surface area contributed by atoms with E-state index in [0.717, 1.165) is 5.56 Å². The molecule has 0 amide bonds. The Kier molecular flexibility index (Phi) is 3.16. The SMILES string of the molecule is CN(C)/C=C1\OC(=O)C(C#N)=C1c1ccccc1. The predicted molar refractivity (Wildman–Crippen MR) is 66.8 cm³/mol. The van der Waals surface area contributed by atoms with Crippen molar-refractivity contribution in [2.75, 3.05) is 14.1 Å². The Balaban J connectivity index is 2.60. The van der Waals surface area contributed by atoms with Gasteiger partial charge in [0.25, 0.3) is 0 Å². The number of benzene rings is 1. The number of cyclic esters (lactones) is 1. The molecule has 18 heavy (non-hydrogen) atoms. The van der Waals surface area contributed by atoms with Gasteiger partial charge in [-0.05, 0) is 5.56 Å². The minimum atomic E-state index is -0.593. The first-order valence-corrected chi connectivity index (χ1v) is 5.44. The molecule has 0 bridgehead atoms. The highest BCUT2D eigenvalue weighted by Crippen LogP contribution is 2.34. The van der Waals surface area contributed by atoms with Crippen molar-refractivity contribution in [3.63, 3.8) is 0 Å². The van der Waals surface area contributed by atoms with Crippen molar-refractivity contribution in [3.05, 3.63) is 53.4 Å². The minimum Gasteiger partial charge on any atom is -0.420 e. The van der Waals surface area contributed by atoms with Gasteiger partial charge < -0.3 is 9.64 Å². The Morgan fingerprint density at radius 1 is 1.28 bits per heavy atom. The molecule has 0 atom stereocenters. The van der Waals surface area contributed by atoms with E-state index >= 15 is 0 Å². The van der Waals surface area contributed by atoms with Crippen molar-refractivity contribution >= 4 is 11.5 Å². The third-order valence-corrected chi connectivity index (χ3v) is 2.45. The van der Waals surface area contributed by atoms with Crippen molar-refractivity contribution in [2.24, 2.45) is 0 Å². The summed E-state index contributed by atoms with van der Waals surface area (Å²) in [5.74, 6) is -0.183. The number of carbonyl (C=O) groups excluding carboxylic acids is 1. The number of nitriles is 1. The lowest BCUT2D eigenvalue weighted by atomic mass is 10.0. The average molecular weight is 240 g/mol. The summed E-state index contributed by atoms with van der Waals surface area (Å²) in [5.41, 5.74) is 1.40. The molecule has 0 fully saturated rings. The van der Waals surface area contributed by atoms with Crippen molar-refractivity contribution in [2.45, 2.75) is 0 Å². The molecule has 0 unspecified atom stereocenters. The van der Waals surface area contributed by atoms with Crippen LogP contribution in [0.4, 0.5) is 0 Å². The quantitative estimate of drug-likeness (QED) is 0.741. The number of rotatable bonds is 2. The van der Waals surface area contributed by atoms with Gasteiger partial charge in [0.2, 0.25) is 0 Å². The Bertz CT molecular complexity index is 578. The molecule has 0 spiro atoms. The molecule has 4 heteroatoms. The van der Waals surface area contributed by atoms with E-state index in [1.807, 2.05) is 50.5 Å². The number of hydrogen-bond acceptors (Lipinski definition) is 4. The lowest BCUT2D eigenvalue weighted by Gasteiger charge is -2.09. The van der Waals surface area contributed by atoms with Crippen LogP contribution >= 0.6 is 0 Å². The molecule has 0 N–H and O–H groups in total. The largest absolute Gasteiger partial charge is 0.420 e. The first-order chi connectivity index (χ1) is 8.63. The lowest BCUT2D eigenvalue weighted by Crippen LogP contribution is -2.04. The van der Waals surface area contributed by atoms with E-state index < -0.39 is 5.97 Å². The van der Waals surface area contributed by atoms with Crippen LogP contribution in [0.2, 0.25) is 0 Å². The zero-order chi connectivity index (χ0) is 13.1. The van der Waals surface area contributed by atoms with E-state index in [2.05, 4.69) is 0 Å². The van der Waals surface area contributed by atoms with E-state index in [1.165, 1.54) is 0 Å². The van der Waals surface area contributed by atoms with Gasteiger partial charge in [-0.2, -0.15) is 5.26 Å². The summed E-state index contributed by atoms with van der Waals surface area (Å²) in [5, 5.41) is 9.07. The summed E-state index contributed by atoms with van der Waals surface area (Å²) in [6, 6.07) is 11.2. The molecule has 1 aliphatic heterocycles. The van der Waals surface area contributed by atoms with Crippen LogP contribution in [0.15, 0.2) is 47.9 Å². The smallest absolute Gasteiger partial charge is 0.355 e. The van der Waals surface area contributed by atoms with Crippen LogP contribution in [0.3, 0.4) is 0 Å². The van der Waals surface area contributed by atoms with E-state index in [1.54, 1.807) is 11.1 Å². The molecule has 2 rings (SSSR count). The van der Waals surface area contributed by atoms with Crippen molar-refractivity contribution < 1.29 is 9.53 Å². The fourth-order valence-electron chi connectivity index (χ4n) is 1.75. The van der Waals surface area contributed by atoms with Gasteiger partial charge >= 0.3 is 5.97 Å². The zero-order valence-electron chi connectivity index (χ0n) is 10.2. The number of esters is 1. The van der Waals surface area contributed by atoms with Gasteiger partial charge in [-0.1, -0.05) is 30.3 Å². The summed E-state index contributed by atoms with van der Waals surface area (Å²) in [4.78, 5) is 13.4. The molecule has 0 saturated heterocycles. The highest BCUT2D eigenvalue weighted by molar-refractivity contribution is 6.10. The van der Waals surface area contributed by atoms with Gasteiger partial charge in [0.05, 0.1) is 5.57 Å². The van der Waals surface area contributed by atoms with Crippen LogP contribution in [-0.2, 0) is 9.53 Å². The first kappa shape index (κ1) is 11.9. The molecular weight excluding hydrogens is 228 g/mol. The maximum Gasteiger partial charge on any atom is 0.355 e. The third kappa shape index (κ3) is 2.11. The monoisotopic (exact) mass is 240 g/mol. The molecule has 1 aliphatic rings. The summed E-state index contributed by atoms with van der Waals surface area (Å²) in [7, 11) is 3.65. The topological polar surface area (TPSA) is 53.3 Å². The zero-order valence-corrected chi connectivity index (χ0v) is 10.2. The average Bonchev–Trinajstić information content (AvgIpc) is 2.65. The summed E-state index contributed by atoms with van der Waals surface area (Å²) >= 11 is 0. The molecule has 0 saturated carbocycles. The summed E-state index contributed by atoms with van der Waals surface area (Å²) in [6.45, 7) is 0. The molecule has 0 aromatic heterocycles. The second kappa shape index (κ2) is 4.76.